The van der Waals surface area contributed by atoms with Crippen molar-refractivity contribution in [1.29, 1.82) is 0 Å². The van der Waals surface area contributed by atoms with Crippen LogP contribution in [0.2, 0.25) is 0 Å². The van der Waals surface area contributed by atoms with Gasteiger partial charge in [0.05, 0.1) is 0 Å². The van der Waals surface area contributed by atoms with Crippen LogP contribution in [0.3, 0.4) is 0 Å². The molecular weight excluding hydrogens is 134 g/mol. The molecular formula is C10H19N. The monoisotopic (exact) mass is 153 g/mol. The topological polar surface area (TPSA) is 12.0 Å². The molecule has 0 radical (unpaired) electrons. The van der Waals surface area contributed by atoms with Crippen molar-refractivity contribution in [2.75, 3.05) is 13.1 Å². The summed E-state index contributed by atoms with van der Waals surface area (Å²) in [5.41, 5.74) is 2.10. The van der Waals surface area contributed by atoms with Crippen LogP contribution in [0.5, 0.6) is 0 Å². The largest absolute Gasteiger partial charge is 0.313 e. The zero-order valence-electron chi connectivity index (χ0n) is 7.91. The predicted octanol–water partition coefficient (Wildman–Crippen LogP) is 2.34. The third-order valence-electron chi connectivity index (χ3n) is 1.92. The third-order valence-corrected chi connectivity index (χ3v) is 1.92. The Morgan fingerprint density at radius 2 is 2.18 bits per heavy atom. The lowest BCUT2D eigenvalue weighted by Gasteiger charge is -2.22. The second-order valence-electron chi connectivity index (χ2n) is 4.55. The van der Waals surface area contributed by atoms with Crippen LogP contribution in [0, 0.1) is 5.41 Å². The average Bonchev–Trinajstić information content (AvgIpc) is 1.85. The molecule has 64 valence electrons. The molecule has 11 heavy (non-hydrogen) atoms. The van der Waals surface area contributed by atoms with Crippen LogP contribution in [-0.2, 0) is 0 Å². The lowest BCUT2D eigenvalue weighted by Crippen LogP contribution is -2.22. The molecule has 1 rings (SSSR count). The van der Waals surface area contributed by atoms with Crippen molar-refractivity contribution < 1.29 is 0 Å². The SMILES string of the molecule is CC(C)(C)CC1=CCNCC1. The van der Waals surface area contributed by atoms with Gasteiger partial charge in [-0.15, -0.1) is 0 Å². The van der Waals surface area contributed by atoms with Gasteiger partial charge in [0, 0.05) is 6.54 Å². The molecule has 1 N–H and O–H groups in total. The Hall–Kier alpha value is -0.300. The minimum Gasteiger partial charge on any atom is -0.313 e. The highest BCUT2D eigenvalue weighted by Crippen LogP contribution is 2.25. The Morgan fingerprint density at radius 3 is 2.64 bits per heavy atom. The van der Waals surface area contributed by atoms with Gasteiger partial charge in [-0.1, -0.05) is 32.4 Å². The summed E-state index contributed by atoms with van der Waals surface area (Å²) >= 11 is 0. The molecule has 1 nitrogen and oxygen atoms in total. The van der Waals surface area contributed by atoms with Gasteiger partial charge in [0.2, 0.25) is 0 Å². The van der Waals surface area contributed by atoms with E-state index in [0.717, 1.165) is 6.54 Å². The van der Waals surface area contributed by atoms with E-state index in [1.165, 1.54) is 19.4 Å². The summed E-state index contributed by atoms with van der Waals surface area (Å²) in [5.74, 6) is 0. The van der Waals surface area contributed by atoms with E-state index in [1.807, 2.05) is 0 Å². The van der Waals surface area contributed by atoms with Gasteiger partial charge in [0.15, 0.2) is 0 Å². The zero-order valence-corrected chi connectivity index (χ0v) is 7.91. The van der Waals surface area contributed by atoms with Crippen LogP contribution < -0.4 is 5.32 Å². The molecule has 0 saturated heterocycles. The van der Waals surface area contributed by atoms with Gasteiger partial charge >= 0.3 is 0 Å². The maximum atomic E-state index is 3.32. The molecule has 0 aliphatic carbocycles. The van der Waals surface area contributed by atoms with Crippen molar-refractivity contribution in [3.8, 4) is 0 Å². The molecule has 1 heteroatoms. The lowest BCUT2D eigenvalue weighted by molar-refractivity contribution is 0.400. The molecule has 1 aliphatic heterocycles. The average molecular weight is 153 g/mol. The van der Waals surface area contributed by atoms with E-state index in [1.54, 1.807) is 5.57 Å². The fourth-order valence-electron chi connectivity index (χ4n) is 1.51. The van der Waals surface area contributed by atoms with Crippen LogP contribution in [0.4, 0.5) is 0 Å². The number of hydrogen-bond acceptors (Lipinski definition) is 1. The van der Waals surface area contributed by atoms with Crippen molar-refractivity contribution in [1.82, 2.24) is 5.32 Å². The predicted molar refractivity (Wildman–Crippen MR) is 49.6 cm³/mol. The molecule has 0 amide bonds. The molecule has 1 heterocycles. The molecule has 1 aliphatic rings. The van der Waals surface area contributed by atoms with Crippen molar-refractivity contribution in [3.05, 3.63) is 11.6 Å². The third kappa shape index (κ3) is 3.57. The summed E-state index contributed by atoms with van der Waals surface area (Å²) in [6.07, 6.45) is 4.85. The summed E-state index contributed by atoms with van der Waals surface area (Å²) < 4.78 is 0. The molecule has 0 aromatic heterocycles. The molecule has 0 aromatic rings. The molecule has 0 unspecified atom stereocenters. The molecule has 0 fully saturated rings. The number of nitrogens with one attached hydrogen (secondary N) is 1. The smallest absolute Gasteiger partial charge is 0.0137 e. The normalized spacial score (nSPS) is 19.7. The van der Waals surface area contributed by atoms with Gasteiger partial charge in [0.25, 0.3) is 0 Å². The van der Waals surface area contributed by atoms with E-state index in [2.05, 4.69) is 32.2 Å². The van der Waals surface area contributed by atoms with Crippen LogP contribution in [-0.4, -0.2) is 13.1 Å². The van der Waals surface area contributed by atoms with E-state index in [0.29, 0.717) is 5.41 Å². The van der Waals surface area contributed by atoms with Crippen molar-refractivity contribution in [2.24, 2.45) is 5.41 Å². The van der Waals surface area contributed by atoms with E-state index < -0.39 is 0 Å². The van der Waals surface area contributed by atoms with Gasteiger partial charge in [0.1, 0.15) is 0 Å². The summed E-state index contributed by atoms with van der Waals surface area (Å²) in [7, 11) is 0. The lowest BCUT2D eigenvalue weighted by atomic mass is 9.86. The number of hydrogen-bond donors (Lipinski definition) is 1. The molecule has 0 spiro atoms. The fourth-order valence-corrected chi connectivity index (χ4v) is 1.51. The highest BCUT2D eigenvalue weighted by molar-refractivity contribution is 5.08. The second-order valence-corrected chi connectivity index (χ2v) is 4.55. The van der Waals surface area contributed by atoms with Gasteiger partial charge < -0.3 is 5.32 Å². The highest BCUT2D eigenvalue weighted by atomic mass is 14.8. The summed E-state index contributed by atoms with van der Waals surface area (Å²) in [5, 5.41) is 3.32. The minimum absolute atomic E-state index is 0.461. The maximum absolute atomic E-state index is 3.32. The summed E-state index contributed by atoms with van der Waals surface area (Å²) in [6, 6.07) is 0. The van der Waals surface area contributed by atoms with Crippen LogP contribution >= 0.6 is 0 Å². The highest BCUT2D eigenvalue weighted by Gasteiger charge is 2.13. The molecule has 0 aromatic carbocycles. The quantitative estimate of drug-likeness (QED) is 0.570. The Bertz CT molecular complexity index is 151. The van der Waals surface area contributed by atoms with E-state index in [-0.39, 0.29) is 0 Å². The maximum Gasteiger partial charge on any atom is 0.0137 e. The Kier molecular flexibility index (Phi) is 2.72. The Labute approximate surface area is 69.9 Å². The van der Waals surface area contributed by atoms with Crippen molar-refractivity contribution in [2.45, 2.75) is 33.6 Å². The first-order valence-corrected chi connectivity index (χ1v) is 4.46. The minimum atomic E-state index is 0.461. The first kappa shape index (κ1) is 8.79. The molecule has 0 saturated carbocycles. The van der Waals surface area contributed by atoms with Gasteiger partial charge in [-0.05, 0) is 24.8 Å². The van der Waals surface area contributed by atoms with E-state index >= 15 is 0 Å². The first-order valence-electron chi connectivity index (χ1n) is 4.46. The van der Waals surface area contributed by atoms with E-state index in [4.69, 9.17) is 0 Å². The second kappa shape index (κ2) is 3.40. The van der Waals surface area contributed by atoms with Gasteiger partial charge in [-0.25, -0.2) is 0 Å². The van der Waals surface area contributed by atoms with Crippen molar-refractivity contribution >= 4 is 0 Å². The van der Waals surface area contributed by atoms with Crippen molar-refractivity contribution in [3.63, 3.8) is 0 Å². The van der Waals surface area contributed by atoms with Crippen LogP contribution in [0.15, 0.2) is 11.6 Å². The zero-order chi connectivity index (χ0) is 8.32. The van der Waals surface area contributed by atoms with Crippen LogP contribution in [0.1, 0.15) is 33.6 Å². The van der Waals surface area contributed by atoms with Gasteiger partial charge in [-0.3, -0.25) is 0 Å². The summed E-state index contributed by atoms with van der Waals surface area (Å²) in [4.78, 5) is 0. The summed E-state index contributed by atoms with van der Waals surface area (Å²) in [6.45, 7) is 9.15. The standard InChI is InChI=1S/C10H19N/c1-10(2,3)8-9-4-6-11-7-5-9/h4,11H,5-8H2,1-3H3. The fraction of sp³-hybridized carbons (Fsp3) is 0.800. The Balaban J connectivity index is 2.42. The molecule has 0 atom stereocenters. The first-order chi connectivity index (χ1) is 5.08. The van der Waals surface area contributed by atoms with E-state index in [9.17, 15) is 0 Å². The van der Waals surface area contributed by atoms with Gasteiger partial charge in [-0.2, -0.15) is 0 Å². The molecule has 0 bridgehead atoms. The number of rotatable bonds is 1. The Morgan fingerprint density at radius 1 is 1.45 bits per heavy atom. The van der Waals surface area contributed by atoms with Crippen LogP contribution in [0.25, 0.3) is 0 Å².